The Labute approximate surface area is 302 Å². The Kier molecular flexibility index (Phi) is 18.9. The summed E-state index contributed by atoms with van der Waals surface area (Å²) >= 11 is 12.8. The summed E-state index contributed by atoms with van der Waals surface area (Å²) in [6.45, 7) is 7.30. The number of nitrogens with one attached hydrogen (secondary N) is 2. The first kappa shape index (κ1) is 41.2. The molecule has 1 unspecified atom stereocenters. The Morgan fingerprint density at radius 1 is 0.837 bits per heavy atom. The van der Waals surface area contributed by atoms with E-state index in [9.17, 15) is 18.0 Å². The summed E-state index contributed by atoms with van der Waals surface area (Å²) in [5.41, 5.74) is 3.16. The first-order valence-corrected chi connectivity index (χ1v) is 19.8. The number of rotatable bonds is 24. The Balaban J connectivity index is 1.18. The van der Waals surface area contributed by atoms with E-state index in [4.69, 9.17) is 37.4 Å². The summed E-state index contributed by atoms with van der Waals surface area (Å²) in [5.74, 6) is 0.288. The van der Waals surface area contributed by atoms with Gasteiger partial charge < -0.3 is 29.7 Å². The Morgan fingerprint density at radius 2 is 1.47 bits per heavy atom. The van der Waals surface area contributed by atoms with Crippen LogP contribution in [0, 0.1) is 0 Å². The average molecular weight is 743 g/mol. The smallest absolute Gasteiger partial charge is 0.314 e. The minimum atomic E-state index is -3.44. The van der Waals surface area contributed by atoms with Gasteiger partial charge in [0.2, 0.25) is 0 Å². The van der Waals surface area contributed by atoms with Crippen LogP contribution < -0.4 is 10.6 Å². The maximum Gasteiger partial charge on any atom is 0.314 e. The number of Topliss-reactive ketones (excluding diaryl/α,β-unsaturated/α-hetero) is 1. The number of ether oxygens (including phenoxy) is 3. The SMILES string of the molecule is CCCNC(=O)NCCCCCC(=O)CCCOCCOCCOCCCS(=O)(=O)c1ccc(C2CN(C)Cc3c(Cl)cc(Cl)cc32)cc1. The summed E-state index contributed by atoms with van der Waals surface area (Å²) in [6.07, 6.45) is 5.66. The number of carbonyl (C=O) groups excluding carboxylic acids is 2. The maximum absolute atomic E-state index is 12.9. The second kappa shape index (κ2) is 22.5. The molecule has 0 aliphatic carbocycles. The lowest BCUT2D eigenvalue weighted by atomic mass is 9.85. The Morgan fingerprint density at radius 3 is 2.16 bits per heavy atom. The van der Waals surface area contributed by atoms with Gasteiger partial charge >= 0.3 is 6.03 Å². The van der Waals surface area contributed by atoms with Gasteiger partial charge in [0, 0.05) is 68.2 Å². The van der Waals surface area contributed by atoms with Gasteiger partial charge in [-0.2, -0.15) is 0 Å². The monoisotopic (exact) mass is 741 g/mol. The van der Waals surface area contributed by atoms with Gasteiger partial charge in [0.05, 0.1) is 37.1 Å². The van der Waals surface area contributed by atoms with Crippen molar-refractivity contribution in [3.05, 3.63) is 63.1 Å². The molecule has 2 aromatic carbocycles. The van der Waals surface area contributed by atoms with Crippen molar-refractivity contribution in [1.82, 2.24) is 15.5 Å². The molecule has 49 heavy (non-hydrogen) atoms. The van der Waals surface area contributed by atoms with Gasteiger partial charge in [0.15, 0.2) is 9.84 Å². The quantitative estimate of drug-likeness (QED) is 0.119. The maximum atomic E-state index is 12.9. The first-order chi connectivity index (χ1) is 23.6. The van der Waals surface area contributed by atoms with Gasteiger partial charge in [-0.3, -0.25) is 4.79 Å². The number of nitrogens with zero attached hydrogens (tertiary/aromatic N) is 1. The first-order valence-electron chi connectivity index (χ1n) is 17.4. The van der Waals surface area contributed by atoms with E-state index in [0.29, 0.717) is 93.4 Å². The van der Waals surface area contributed by atoms with Gasteiger partial charge in [-0.15, -0.1) is 0 Å². The van der Waals surface area contributed by atoms with E-state index in [1.54, 1.807) is 18.2 Å². The molecule has 0 saturated heterocycles. The number of urea groups is 1. The van der Waals surface area contributed by atoms with Crippen molar-refractivity contribution in [2.24, 2.45) is 0 Å². The molecule has 10 nitrogen and oxygen atoms in total. The van der Waals surface area contributed by atoms with Crippen molar-refractivity contribution in [3.63, 3.8) is 0 Å². The lowest BCUT2D eigenvalue weighted by molar-refractivity contribution is -0.119. The van der Waals surface area contributed by atoms with E-state index in [-0.39, 0.29) is 23.5 Å². The fourth-order valence-electron chi connectivity index (χ4n) is 5.67. The van der Waals surface area contributed by atoms with Crippen LogP contribution in [0.3, 0.4) is 0 Å². The second-order valence-corrected chi connectivity index (χ2v) is 15.4. The third-order valence-corrected chi connectivity index (χ3v) is 10.6. The fraction of sp³-hybridized carbons (Fsp3) is 0.611. The van der Waals surface area contributed by atoms with Gasteiger partial charge in [-0.05, 0) is 80.1 Å². The lowest BCUT2D eigenvalue weighted by Gasteiger charge is -2.33. The van der Waals surface area contributed by atoms with Crippen LogP contribution >= 0.6 is 23.2 Å². The number of halogens is 2. The van der Waals surface area contributed by atoms with E-state index >= 15 is 0 Å². The summed E-state index contributed by atoms with van der Waals surface area (Å²) in [4.78, 5) is 26.0. The highest BCUT2D eigenvalue weighted by atomic mass is 35.5. The van der Waals surface area contributed by atoms with Crippen molar-refractivity contribution in [1.29, 1.82) is 0 Å². The van der Waals surface area contributed by atoms with Crippen molar-refractivity contribution in [3.8, 4) is 0 Å². The van der Waals surface area contributed by atoms with E-state index in [1.165, 1.54) is 0 Å². The zero-order chi connectivity index (χ0) is 35.5. The molecule has 1 heterocycles. The molecule has 2 aromatic rings. The molecule has 0 fully saturated rings. The van der Waals surface area contributed by atoms with Crippen LogP contribution in [-0.4, -0.2) is 97.2 Å². The van der Waals surface area contributed by atoms with Crippen LogP contribution in [-0.2, 0) is 35.4 Å². The van der Waals surface area contributed by atoms with Crippen LogP contribution in [0.15, 0.2) is 41.3 Å². The number of unbranched alkanes of at least 4 members (excludes halogenated alkanes) is 2. The van der Waals surface area contributed by atoms with Crippen molar-refractivity contribution < 1.29 is 32.2 Å². The molecule has 1 atom stereocenters. The molecule has 2 N–H and O–H groups in total. The molecule has 0 spiro atoms. The summed E-state index contributed by atoms with van der Waals surface area (Å²) in [7, 11) is -1.40. The molecular formula is C36H53Cl2N3O7S. The molecule has 13 heteroatoms. The predicted octanol–water partition coefficient (Wildman–Crippen LogP) is 6.40. The summed E-state index contributed by atoms with van der Waals surface area (Å²) < 4.78 is 42.5. The van der Waals surface area contributed by atoms with E-state index in [1.807, 2.05) is 32.2 Å². The molecule has 0 saturated carbocycles. The average Bonchev–Trinajstić information content (AvgIpc) is 3.07. The number of hydrogen-bond acceptors (Lipinski definition) is 8. The van der Waals surface area contributed by atoms with Crippen LogP contribution in [0.1, 0.15) is 80.9 Å². The molecule has 274 valence electrons. The zero-order valence-corrected chi connectivity index (χ0v) is 31.3. The number of benzene rings is 2. The number of hydrogen-bond donors (Lipinski definition) is 2. The molecule has 3 rings (SSSR count). The third-order valence-electron chi connectivity index (χ3n) is 8.28. The van der Waals surface area contributed by atoms with E-state index < -0.39 is 9.84 Å². The number of likely N-dealkylation sites (N-methyl/N-ethyl adjacent to an activating group) is 1. The third kappa shape index (κ3) is 15.3. The molecule has 0 bridgehead atoms. The predicted molar refractivity (Wildman–Crippen MR) is 195 cm³/mol. The molecule has 1 aliphatic heterocycles. The van der Waals surface area contributed by atoms with Crippen molar-refractivity contribution >= 4 is 44.9 Å². The Bertz CT molecular complexity index is 1410. The molecule has 1 aliphatic rings. The van der Waals surface area contributed by atoms with Gasteiger partial charge in [-0.1, -0.05) is 48.7 Å². The largest absolute Gasteiger partial charge is 0.379 e. The summed E-state index contributed by atoms with van der Waals surface area (Å²) in [6, 6.07) is 10.7. The molecular weight excluding hydrogens is 689 g/mol. The van der Waals surface area contributed by atoms with E-state index in [0.717, 1.165) is 55.5 Å². The highest BCUT2D eigenvalue weighted by Gasteiger charge is 2.27. The summed E-state index contributed by atoms with van der Waals surface area (Å²) in [5, 5.41) is 6.82. The molecule has 2 amide bonds. The van der Waals surface area contributed by atoms with Gasteiger partial charge in [-0.25, -0.2) is 13.2 Å². The molecule has 0 radical (unpaired) electrons. The van der Waals surface area contributed by atoms with Crippen LogP contribution in [0.25, 0.3) is 0 Å². The van der Waals surface area contributed by atoms with Crippen LogP contribution in [0.2, 0.25) is 10.0 Å². The topological polar surface area (TPSA) is 123 Å². The second-order valence-electron chi connectivity index (χ2n) is 12.4. The molecule has 0 aromatic heterocycles. The minimum Gasteiger partial charge on any atom is -0.379 e. The Hall–Kier alpha value is -2.25. The normalized spacial score (nSPS) is 14.8. The van der Waals surface area contributed by atoms with E-state index in [2.05, 4.69) is 15.5 Å². The minimum absolute atomic E-state index is 0.000514. The van der Waals surface area contributed by atoms with Gasteiger partial charge in [0.25, 0.3) is 0 Å². The number of sulfone groups is 1. The number of fused-ring (bicyclic) bond motifs is 1. The zero-order valence-electron chi connectivity index (χ0n) is 28.9. The number of carbonyl (C=O) groups is 2. The standard InChI is InChI=1S/C36H53Cl2N3O7S/c1-3-15-39-36(43)40-16-6-4-5-9-30(42)10-7-17-46-19-21-48-22-20-47-18-8-23-49(44,45)31-13-11-28(12-14-31)33-26-41(2)27-34-32(33)24-29(37)25-35(34)38/h11-14,24-25,33H,3-10,15-23,26-27H2,1-2H3,(H2,39,40,43). The number of amides is 2. The fourth-order valence-corrected chi connectivity index (χ4v) is 7.53. The van der Waals surface area contributed by atoms with Crippen LogP contribution in [0.5, 0.6) is 0 Å². The van der Waals surface area contributed by atoms with Gasteiger partial charge in [0.1, 0.15) is 5.78 Å². The highest BCUT2D eigenvalue weighted by Crippen LogP contribution is 2.38. The van der Waals surface area contributed by atoms with Crippen molar-refractivity contribution in [2.45, 2.75) is 75.6 Å². The highest BCUT2D eigenvalue weighted by molar-refractivity contribution is 7.91. The lowest BCUT2D eigenvalue weighted by Crippen LogP contribution is -2.36. The number of ketones is 1. The van der Waals surface area contributed by atoms with Crippen molar-refractivity contribution in [2.75, 3.05) is 72.1 Å². The van der Waals surface area contributed by atoms with Crippen LogP contribution in [0.4, 0.5) is 4.79 Å².